The summed E-state index contributed by atoms with van der Waals surface area (Å²) in [7, 11) is 0. The number of nitrogens with two attached hydrogens (primary N) is 2. The number of amides is 1. The summed E-state index contributed by atoms with van der Waals surface area (Å²) in [4.78, 5) is 15.4. The largest absolute Gasteiger partial charge is 0.368 e. The Morgan fingerprint density at radius 1 is 1.27 bits per heavy atom. The van der Waals surface area contributed by atoms with E-state index in [1.54, 1.807) is 0 Å². The first kappa shape index (κ1) is 12.4. The summed E-state index contributed by atoms with van der Waals surface area (Å²) in [5, 5.41) is 0. The van der Waals surface area contributed by atoms with Crippen LogP contribution in [0.1, 0.15) is 13.8 Å². The minimum Gasteiger partial charge on any atom is -0.368 e. The lowest BCUT2D eigenvalue weighted by atomic mass is 10.2. The molecule has 0 radical (unpaired) electrons. The molecule has 1 fully saturated rings. The summed E-state index contributed by atoms with van der Waals surface area (Å²) in [5.74, 6) is -0.415. The Morgan fingerprint density at radius 2 is 1.80 bits per heavy atom. The van der Waals surface area contributed by atoms with E-state index in [0.717, 1.165) is 26.2 Å². The zero-order valence-electron chi connectivity index (χ0n) is 9.65. The van der Waals surface area contributed by atoms with Gasteiger partial charge in [-0.25, -0.2) is 0 Å². The fourth-order valence-electron chi connectivity index (χ4n) is 1.83. The first-order valence-electron chi connectivity index (χ1n) is 5.52. The first-order valence-corrected chi connectivity index (χ1v) is 5.52. The predicted octanol–water partition coefficient (Wildman–Crippen LogP) is -1.17. The van der Waals surface area contributed by atoms with E-state index in [9.17, 15) is 4.79 Å². The van der Waals surface area contributed by atoms with Crippen molar-refractivity contribution in [2.75, 3.05) is 32.7 Å². The Labute approximate surface area is 91.4 Å². The number of hydrogen-bond acceptors (Lipinski definition) is 4. The van der Waals surface area contributed by atoms with Gasteiger partial charge >= 0.3 is 0 Å². The van der Waals surface area contributed by atoms with Crippen molar-refractivity contribution < 1.29 is 4.79 Å². The first-order chi connectivity index (χ1) is 7.00. The molecule has 5 heteroatoms. The maximum atomic E-state index is 10.8. The molecule has 1 heterocycles. The SMILES string of the molecule is CC(C)N1CCN(CC(N)C(N)=O)CC1. The van der Waals surface area contributed by atoms with Crippen LogP contribution in [-0.2, 0) is 4.79 Å². The van der Waals surface area contributed by atoms with E-state index in [2.05, 4.69) is 23.6 Å². The molecule has 0 aromatic carbocycles. The minimum atomic E-state index is -0.532. The average molecular weight is 214 g/mol. The lowest BCUT2D eigenvalue weighted by Gasteiger charge is -2.37. The van der Waals surface area contributed by atoms with E-state index in [-0.39, 0.29) is 0 Å². The van der Waals surface area contributed by atoms with Crippen LogP contribution in [0.4, 0.5) is 0 Å². The quantitative estimate of drug-likeness (QED) is 0.618. The van der Waals surface area contributed by atoms with Crippen LogP contribution in [0.5, 0.6) is 0 Å². The van der Waals surface area contributed by atoms with Gasteiger partial charge in [0.05, 0.1) is 6.04 Å². The Hall–Kier alpha value is -0.650. The van der Waals surface area contributed by atoms with Crippen molar-refractivity contribution >= 4 is 5.91 Å². The van der Waals surface area contributed by atoms with Gasteiger partial charge in [0.2, 0.25) is 5.91 Å². The van der Waals surface area contributed by atoms with E-state index in [0.29, 0.717) is 12.6 Å². The number of hydrogen-bond donors (Lipinski definition) is 2. The van der Waals surface area contributed by atoms with Crippen LogP contribution < -0.4 is 11.5 Å². The maximum Gasteiger partial charge on any atom is 0.235 e. The van der Waals surface area contributed by atoms with Crippen LogP contribution in [0, 0.1) is 0 Å². The molecule has 15 heavy (non-hydrogen) atoms. The van der Waals surface area contributed by atoms with E-state index >= 15 is 0 Å². The average Bonchev–Trinajstić information content (AvgIpc) is 2.18. The van der Waals surface area contributed by atoms with Gasteiger partial charge in [-0.15, -0.1) is 0 Å². The second-order valence-corrected chi connectivity index (χ2v) is 4.44. The Kier molecular flexibility index (Phi) is 4.50. The number of piperazine rings is 1. The van der Waals surface area contributed by atoms with Crippen LogP contribution in [0.25, 0.3) is 0 Å². The third kappa shape index (κ3) is 3.77. The molecule has 0 spiro atoms. The van der Waals surface area contributed by atoms with Gasteiger partial charge in [0.25, 0.3) is 0 Å². The highest BCUT2D eigenvalue weighted by Gasteiger charge is 2.21. The van der Waals surface area contributed by atoms with Gasteiger partial charge in [-0.05, 0) is 13.8 Å². The van der Waals surface area contributed by atoms with Crippen molar-refractivity contribution in [2.45, 2.75) is 25.9 Å². The summed E-state index contributed by atoms with van der Waals surface area (Å²) in [6.45, 7) is 9.02. The van der Waals surface area contributed by atoms with Crippen molar-refractivity contribution in [1.82, 2.24) is 9.80 Å². The van der Waals surface area contributed by atoms with Crippen molar-refractivity contribution in [1.29, 1.82) is 0 Å². The number of carbonyl (C=O) groups is 1. The number of carbonyl (C=O) groups excluding carboxylic acids is 1. The zero-order chi connectivity index (χ0) is 11.4. The molecular formula is C10H22N4O. The van der Waals surface area contributed by atoms with Crippen LogP contribution in [0.2, 0.25) is 0 Å². The highest BCUT2D eigenvalue weighted by molar-refractivity contribution is 5.79. The molecule has 0 saturated carbocycles. The zero-order valence-corrected chi connectivity index (χ0v) is 9.65. The van der Waals surface area contributed by atoms with E-state index < -0.39 is 11.9 Å². The third-order valence-electron chi connectivity index (χ3n) is 2.96. The molecule has 1 aliphatic heterocycles. The topological polar surface area (TPSA) is 75.6 Å². The smallest absolute Gasteiger partial charge is 0.235 e. The highest BCUT2D eigenvalue weighted by Crippen LogP contribution is 2.05. The molecule has 0 aliphatic carbocycles. The predicted molar refractivity (Wildman–Crippen MR) is 60.3 cm³/mol. The standard InChI is InChI=1S/C10H22N4O/c1-8(2)14-5-3-13(4-6-14)7-9(11)10(12)15/h8-9H,3-7,11H2,1-2H3,(H2,12,15). The van der Waals surface area contributed by atoms with Gasteiger partial charge < -0.3 is 11.5 Å². The van der Waals surface area contributed by atoms with Crippen LogP contribution in [0.3, 0.4) is 0 Å². The fraction of sp³-hybridized carbons (Fsp3) is 0.900. The molecule has 1 saturated heterocycles. The third-order valence-corrected chi connectivity index (χ3v) is 2.96. The summed E-state index contributed by atoms with van der Waals surface area (Å²) in [6.07, 6.45) is 0. The monoisotopic (exact) mass is 214 g/mol. The number of nitrogens with zero attached hydrogens (tertiary/aromatic N) is 2. The molecule has 5 nitrogen and oxygen atoms in total. The lowest BCUT2D eigenvalue weighted by molar-refractivity contribution is -0.119. The summed E-state index contributed by atoms with van der Waals surface area (Å²) >= 11 is 0. The lowest BCUT2D eigenvalue weighted by Crippen LogP contribution is -2.53. The van der Waals surface area contributed by atoms with Gasteiger partial charge in [-0.2, -0.15) is 0 Å². The summed E-state index contributed by atoms with van der Waals surface area (Å²) in [5.41, 5.74) is 10.7. The molecule has 0 aromatic heterocycles. The van der Waals surface area contributed by atoms with E-state index in [1.807, 2.05) is 0 Å². The second kappa shape index (κ2) is 5.44. The van der Waals surface area contributed by atoms with Crippen molar-refractivity contribution in [2.24, 2.45) is 11.5 Å². The van der Waals surface area contributed by atoms with Crippen LogP contribution in [0.15, 0.2) is 0 Å². The van der Waals surface area contributed by atoms with Crippen molar-refractivity contribution in [3.05, 3.63) is 0 Å². The van der Waals surface area contributed by atoms with Crippen LogP contribution >= 0.6 is 0 Å². The minimum absolute atomic E-state index is 0.415. The molecule has 0 aromatic rings. The van der Waals surface area contributed by atoms with Crippen molar-refractivity contribution in [3.8, 4) is 0 Å². The molecule has 88 valence electrons. The van der Waals surface area contributed by atoms with Crippen molar-refractivity contribution in [3.63, 3.8) is 0 Å². The molecule has 1 atom stereocenters. The van der Waals surface area contributed by atoms with Gasteiger partial charge in [0.15, 0.2) is 0 Å². The second-order valence-electron chi connectivity index (χ2n) is 4.44. The van der Waals surface area contributed by atoms with Gasteiger partial charge in [0.1, 0.15) is 0 Å². The molecule has 1 aliphatic rings. The Bertz CT molecular complexity index is 211. The number of rotatable bonds is 4. The van der Waals surface area contributed by atoms with Gasteiger partial charge in [0, 0.05) is 38.8 Å². The van der Waals surface area contributed by atoms with Crippen LogP contribution in [-0.4, -0.2) is 60.5 Å². The molecule has 0 bridgehead atoms. The van der Waals surface area contributed by atoms with E-state index in [4.69, 9.17) is 11.5 Å². The maximum absolute atomic E-state index is 10.8. The summed E-state index contributed by atoms with van der Waals surface area (Å²) in [6, 6.07) is 0.0626. The summed E-state index contributed by atoms with van der Waals surface area (Å²) < 4.78 is 0. The molecule has 1 unspecified atom stereocenters. The normalized spacial score (nSPS) is 21.9. The molecular weight excluding hydrogens is 192 g/mol. The van der Waals surface area contributed by atoms with Gasteiger partial charge in [-0.3, -0.25) is 14.6 Å². The molecule has 4 N–H and O–H groups in total. The number of primary amides is 1. The van der Waals surface area contributed by atoms with E-state index in [1.165, 1.54) is 0 Å². The Balaban J connectivity index is 2.28. The molecule has 1 amide bonds. The highest BCUT2D eigenvalue weighted by atomic mass is 16.1. The fourth-order valence-corrected chi connectivity index (χ4v) is 1.83. The molecule has 1 rings (SSSR count). The Morgan fingerprint density at radius 3 is 2.20 bits per heavy atom. The van der Waals surface area contributed by atoms with Gasteiger partial charge in [-0.1, -0.05) is 0 Å².